The van der Waals surface area contributed by atoms with Gasteiger partial charge in [0.15, 0.2) is 0 Å². The van der Waals surface area contributed by atoms with Crippen molar-refractivity contribution in [1.82, 2.24) is 4.98 Å². The van der Waals surface area contributed by atoms with E-state index < -0.39 is 0 Å². The summed E-state index contributed by atoms with van der Waals surface area (Å²) in [5.74, 6) is 0. The molecule has 8 rings (SSSR count). The number of para-hydroxylation sites is 1. The number of rotatable bonds is 1. The van der Waals surface area contributed by atoms with Gasteiger partial charge in [0, 0.05) is 27.5 Å². The number of hydrogen-bond donors (Lipinski definition) is 0. The highest BCUT2D eigenvalue weighted by Crippen LogP contribution is 2.58. The van der Waals surface area contributed by atoms with Crippen LogP contribution in [-0.4, -0.2) is 4.98 Å². The first-order chi connectivity index (χ1) is 16.4. The molecule has 0 saturated heterocycles. The summed E-state index contributed by atoms with van der Waals surface area (Å²) in [5.41, 5.74) is 10.7. The van der Waals surface area contributed by atoms with Gasteiger partial charge in [-0.05, 0) is 34.5 Å². The topological polar surface area (TPSA) is 16.1 Å². The van der Waals surface area contributed by atoms with Crippen molar-refractivity contribution < 1.29 is 0 Å². The van der Waals surface area contributed by atoms with Crippen LogP contribution in [0.3, 0.4) is 0 Å². The number of benzene rings is 5. The van der Waals surface area contributed by atoms with Crippen LogP contribution in [0, 0.1) is 0 Å². The van der Waals surface area contributed by atoms with E-state index in [1.807, 2.05) is 0 Å². The molecule has 0 atom stereocenters. The van der Waals surface area contributed by atoms with Gasteiger partial charge >= 0.3 is 0 Å². The van der Waals surface area contributed by atoms with E-state index in [-0.39, 0.29) is 0 Å². The standard InChI is InChI=1S/C31H18N2/c1-2-8-19(9-3-1)25-18-21-16-17-23-22-13-6-10-20-11-7-15-27(28(20)22)33-26-14-5-4-12-24(26)30(32-25)29(21)31(23)33/h1-18H. The highest BCUT2D eigenvalue weighted by molar-refractivity contribution is 6.24. The number of anilines is 3. The highest BCUT2D eigenvalue weighted by Gasteiger charge is 2.34. The normalized spacial score (nSPS) is 12.8. The molecule has 2 aliphatic rings. The van der Waals surface area contributed by atoms with E-state index in [1.54, 1.807) is 0 Å². The second-order valence-corrected chi connectivity index (χ2v) is 8.82. The SMILES string of the molecule is c1ccc(-c2cc3ccc4c5c3c(n2)-c2ccccc2N5c2cccc3cccc-4c23)cc1. The van der Waals surface area contributed by atoms with Gasteiger partial charge in [0.05, 0.1) is 28.5 Å². The fourth-order valence-electron chi connectivity index (χ4n) is 5.70. The molecule has 3 heterocycles. The van der Waals surface area contributed by atoms with Crippen LogP contribution in [0.5, 0.6) is 0 Å². The first-order valence-corrected chi connectivity index (χ1v) is 11.3. The van der Waals surface area contributed by atoms with Crippen molar-refractivity contribution in [3.05, 3.63) is 109 Å². The molecule has 33 heavy (non-hydrogen) atoms. The van der Waals surface area contributed by atoms with Crippen LogP contribution in [0.25, 0.3) is 55.2 Å². The van der Waals surface area contributed by atoms with Gasteiger partial charge in [-0.2, -0.15) is 0 Å². The molecule has 0 unspecified atom stereocenters. The van der Waals surface area contributed by atoms with Crippen LogP contribution in [0.1, 0.15) is 0 Å². The molecule has 5 aromatic carbocycles. The van der Waals surface area contributed by atoms with Gasteiger partial charge in [0.2, 0.25) is 0 Å². The zero-order chi connectivity index (χ0) is 21.5. The van der Waals surface area contributed by atoms with E-state index in [9.17, 15) is 0 Å². The quantitative estimate of drug-likeness (QED) is 0.266. The predicted molar refractivity (Wildman–Crippen MR) is 137 cm³/mol. The van der Waals surface area contributed by atoms with Crippen LogP contribution in [-0.2, 0) is 0 Å². The van der Waals surface area contributed by atoms with Crippen LogP contribution in [0.4, 0.5) is 17.1 Å². The minimum Gasteiger partial charge on any atom is -0.308 e. The van der Waals surface area contributed by atoms with E-state index in [0.29, 0.717) is 0 Å². The van der Waals surface area contributed by atoms with Gasteiger partial charge in [-0.15, -0.1) is 0 Å². The zero-order valence-electron chi connectivity index (χ0n) is 17.8. The molecule has 0 saturated carbocycles. The Bertz CT molecular complexity index is 1760. The van der Waals surface area contributed by atoms with Crippen molar-refractivity contribution in [1.29, 1.82) is 0 Å². The summed E-state index contributed by atoms with van der Waals surface area (Å²) in [4.78, 5) is 7.71. The van der Waals surface area contributed by atoms with Gasteiger partial charge in [0.25, 0.3) is 0 Å². The third-order valence-corrected chi connectivity index (χ3v) is 7.08. The third kappa shape index (κ3) is 2.15. The minimum atomic E-state index is 1.01. The molecule has 0 amide bonds. The highest BCUT2D eigenvalue weighted by atomic mass is 15.2. The molecule has 152 valence electrons. The average Bonchev–Trinajstić information content (AvgIpc) is 2.89. The van der Waals surface area contributed by atoms with Crippen molar-refractivity contribution in [2.24, 2.45) is 0 Å². The Labute approximate surface area is 191 Å². The number of pyridine rings is 1. The molecular weight excluding hydrogens is 400 g/mol. The Hall–Kier alpha value is -4.43. The molecule has 6 aromatic rings. The first kappa shape index (κ1) is 17.2. The monoisotopic (exact) mass is 418 g/mol. The molecule has 1 aromatic heterocycles. The fraction of sp³-hybridized carbons (Fsp3) is 0. The van der Waals surface area contributed by atoms with Crippen molar-refractivity contribution >= 4 is 38.6 Å². The summed E-state index contributed by atoms with van der Waals surface area (Å²) in [6, 6.07) is 39.2. The van der Waals surface area contributed by atoms with Crippen molar-refractivity contribution in [3.63, 3.8) is 0 Å². The summed E-state index contributed by atoms with van der Waals surface area (Å²) >= 11 is 0. The maximum Gasteiger partial charge on any atom is 0.0830 e. The number of nitrogens with zero attached hydrogens (tertiary/aromatic N) is 2. The lowest BCUT2D eigenvalue weighted by atomic mass is 9.84. The molecule has 0 bridgehead atoms. The third-order valence-electron chi connectivity index (χ3n) is 7.08. The second-order valence-electron chi connectivity index (χ2n) is 8.82. The van der Waals surface area contributed by atoms with Gasteiger partial charge in [-0.3, -0.25) is 0 Å². The Kier molecular flexibility index (Phi) is 3.16. The molecule has 2 heteroatoms. The lowest BCUT2D eigenvalue weighted by Crippen LogP contribution is -2.19. The van der Waals surface area contributed by atoms with Gasteiger partial charge in [-0.1, -0.05) is 91.0 Å². The molecule has 0 spiro atoms. The molecular formula is C31H18N2. The largest absolute Gasteiger partial charge is 0.308 e. The minimum absolute atomic E-state index is 1.01. The predicted octanol–water partition coefficient (Wildman–Crippen LogP) is 8.49. The second kappa shape index (κ2) is 6.08. The maximum absolute atomic E-state index is 5.26. The Morgan fingerprint density at radius 1 is 0.515 bits per heavy atom. The molecule has 2 aliphatic heterocycles. The van der Waals surface area contributed by atoms with Crippen LogP contribution in [0.15, 0.2) is 109 Å². The number of hydrogen-bond acceptors (Lipinski definition) is 2. The summed E-state index contributed by atoms with van der Waals surface area (Å²) in [7, 11) is 0. The lowest BCUT2D eigenvalue weighted by molar-refractivity contribution is 1.25. The number of aromatic nitrogens is 1. The van der Waals surface area contributed by atoms with Crippen molar-refractivity contribution in [2.75, 3.05) is 4.90 Å². The van der Waals surface area contributed by atoms with E-state index in [4.69, 9.17) is 4.98 Å². The van der Waals surface area contributed by atoms with E-state index >= 15 is 0 Å². The molecule has 0 N–H and O–H groups in total. The van der Waals surface area contributed by atoms with Crippen LogP contribution in [0.2, 0.25) is 0 Å². The Morgan fingerprint density at radius 3 is 2.18 bits per heavy atom. The maximum atomic E-state index is 5.26. The smallest absolute Gasteiger partial charge is 0.0830 e. The molecule has 0 radical (unpaired) electrons. The van der Waals surface area contributed by atoms with E-state index in [1.165, 1.54) is 55.3 Å². The zero-order valence-corrected chi connectivity index (χ0v) is 17.8. The van der Waals surface area contributed by atoms with Gasteiger partial charge in [0.1, 0.15) is 0 Å². The van der Waals surface area contributed by atoms with Crippen LogP contribution >= 0.6 is 0 Å². The Morgan fingerprint density at radius 2 is 1.27 bits per heavy atom. The number of fused-ring (bicyclic) bond motifs is 5. The fourth-order valence-corrected chi connectivity index (χ4v) is 5.70. The first-order valence-electron chi connectivity index (χ1n) is 11.3. The molecule has 0 aliphatic carbocycles. The van der Waals surface area contributed by atoms with Crippen molar-refractivity contribution in [2.45, 2.75) is 0 Å². The van der Waals surface area contributed by atoms with Gasteiger partial charge < -0.3 is 4.90 Å². The lowest BCUT2D eigenvalue weighted by Gasteiger charge is -2.38. The van der Waals surface area contributed by atoms with Crippen LogP contribution < -0.4 is 4.90 Å². The Balaban J connectivity index is 1.58. The van der Waals surface area contributed by atoms with E-state index in [2.05, 4.69) is 114 Å². The van der Waals surface area contributed by atoms with E-state index in [0.717, 1.165) is 17.0 Å². The summed E-state index contributed by atoms with van der Waals surface area (Å²) in [6.45, 7) is 0. The summed E-state index contributed by atoms with van der Waals surface area (Å²) < 4.78 is 0. The summed E-state index contributed by atoms with van der Waals surface area (Å²) in [5, 5.41) is 5.05. The molecule has 0 fully saturated rings. The summed E-state index contributed by atoms with van der Waals surface area (Å²) in [6.07, 6.45) is 0. The van der Waals surface area contributed by atoms with Crippen molar-refractivity contribution in [3.8, 4) is 33.6 Å². The molecule has 2 nitrogen and oxygen atoms in total. The van der Waals surface area contributed by atoms with Gasteiger partial charge in [-0.25, -0.2) is 4.98 Å². The average molecular weight is 418 g/mol.